The fourth-order valence-electron chi connectivity index (χ4n) is 2.01. The van der Waals surface area contributed by atoms with Gasteiger partial charge in [0.05, 0.1) is 0 Å². The molecule has 0 bridgehead atoms. The topological polar surface area (TPSA) is 20.2 Å². The summed E-state index contributed by atoms with van der Waals surface area (Å²) in [5.41, 5.74) is 0. The highest BCUT2D eigenvalue weighted by molar-refractivity contribution is 7.19. The largest absolute Gasteiger partial charge is 0.382 e. The van der Waals surface area contributed by atoms with Gasteiger partial charge in [-0.1, -0.05) is 25.1 Å². The molecule has 0 radical (unpaired) electrons. The lowest BCUT2D eigenvalue weighted by molar-refractivity contribution is 0.228. The minimum absolute atomic E-state index is 0.479. The van der Waals surface area contributed by atoms with Crippen LogP contribution in [-0.2, 0) is 6.42 Å². The van der Waals surface area contributed by atoms with Crippen LogP contribution in [0.1, 0.15) is 27.7 Å². The number of hydrogen-bond acceptors (Lipinski definition) is 3. The third-order valence-electron chi connectivity index (χ3n) is 3.01. The number of aliphatic hydroxyl groups excluding tert-OH is 1. The van der Waals surface area contributed by atoms with Crippen LogP contribution in [0.4, 0.5) is 0 Å². The Morgan fingerprint density at radius 3 is 2.61 bits per heavy atom. The minimum Gasteiger partial charge on any atom is -0.382 e. The predicted molar refractivity (Wildman–Crippen MR) is 79.6 cm³/mol. The van der Waals surface area contributed by atoms with Gasteiger partial charge in [0.2, 0.25) is 0 Å². The summed E-state index contributed by atoms with van der Waals surface area (Å²) in [6.07, 6.45) is 0.553. The molecular weight excluding hydrogens is 260 g/mol. The predicted octanol–water partition coefficient (Wildman–Crippen LogP) is 4.61. The second-order valence-corrected chi connectivity index (χ2v) is 6.56. The fraction of sp³-hybridized carbons (Fsp3) is 0.200. The molecule has 2 aromatic heterocycles. The highest BCUT2D eigenvalue weighted by atomic mass is 32.1. The van der Waals surface area contributed by atoms with Crippen molar-refractivity contribution in [2.45, 2.75) is 19.4 Å². The van der Waals surface area contributed by atoms with Crippen LogP contribution in [0.25, 0.3) is 10.1 Å². The zero-order chi connectivity index (χ0) is 12.5. The molecule has 0 aliphatic heterocycles. The van der Waals surface area contributed by atoms with Crippen molar-refractivity contribution in [3.8, 4) is 0 Å². The minimum atomic E-state index is -0.479. The van der Waals surface area contributed by atoms with Crippen molar-refractivity contribution in [2.24, 2.45) is 0 Å². The first kappa shape index (κ1) is 11.9. The molecule has 0 fully saturated rings. The van der Waals surface area contributed by atoms with Crippen molar-refractivity contribution in [2.75, 3.05) is 0 Å². The first-order valence-electron chi connectivity index (χ1n) is 6.03. The summed E-state index contributed by atoms with van der Waals surface area (Å²) >= 11 is 3.38. The molecule has 0 aliphatic rings. The van der Waals surface area contributed by atoms with E-state index in [9.17, 15) is 5.11 Å². The van der Waals surface area contributed by atoms with Crippen molar-refractivity contribution in [1.29, 1.82) is 0 Å². The van der Waals surface area contributed by atoms with Crippen molar-refractivity contribution >= 4 is 32.8 Å². The second-order valence-electron chi connectivity index (χ2n) is 4.25. The van der Waals surface area contributed by atoms with Crippen LogP contribution < -0.4 is 0 Å². The molecule has 0 aliphatic carbocycles. The molecule has 3 rings (SSSR count). The number of fused-ring (bicyclic) bond motifs is 1. The van der Waals surface area contributed by atoms with Crippen LogP contribution in [0.3, 0.4) is 0 Å². The Bertz CT molecular complexity index is 633. The molecule has 2 heterocycles. The Hall–Kier alpha value is -1.16. The van der Waals surface area contributed by atoms with E-state index in [-0.39, 0.29) is 0 Å². The summed E-state index contributed by atoms with van der Waals surface area (Å²) < 4.78 is 1.24. The monoisotopic (exact) mass is 274 g/mol. The first-order valence-corrected chi connectivity index (χ1v) is 7.66. The van der Waals surface area contributed by atoms with Crippen LogP contribution in [0.15, 0.2) is 42.5 Å². The first-order chi connectivity index (χ1) is 8.78. The Labute approximate surface area is 114 Å². The van der Waals surface area contributed by atoms with Gasteiger partial charge >= 0.3 is 0 Å². The van der Waals surface area contributed by atoms with Gasteiger partial charge in [-0.05, 0) is 36.1 Å². The summed E-state index contributed by atoms with van der Waals surface area (Å²) in [4.78, 5) is 3.39. The lowest BCUT2D eigenvalue weighted by atomic mass is 10.2. The van der Waals surface area contributed by atoms with E-state index in [0.717, 1.165) is 16.2 Å². The highest BCUT2D eigenvalue weighted by Crippen LogP contribution is 2.35. The molecule has 3 heteroatoms. The number of thiophene rings is 2. The zero-order valence-electron chi connectivity index (χ0n) is 10.1. The van der Waals surface area contributed by atoms with Crippen molar-refractivity contribution < 1.29 is 5.11 Å². The van der Waals surface area contributed by atoms with Gasteiger partial charge in [-0.15, -0.1) is 22.7 Å². The number of hydrogen-bond donors (Lipinski definition) is 1. The summed E-state index contributed by atoms with van der Waals surface area (Å²) in [7, 11) is 0. The SMILES string of the molecule is CCc1ccc(C(O)c2cc3ccccc3s2)s1. The van der Waals surface area contributed by atoms with E-state index in [4.69, 9.17) is 0 Å². The maximum Gasteiger partial charge on any atom is 0.122 e. The molecule has 1 N–H and O–H groups in total. The van der Waals surface area contributed by atoms with Gasteiger partial charge in [0.25, 0.3) is 0 Å². The van der Waals surface area contributed by atoms with E-state index in [1.807, 2.05) is 18.2 Å². The molecule has 1 unspecified atom stereocenters. The zero-order valence-corrected chi connectivity index (χ0v) is 11.7. The Morgan fingerprint density at radius 2 is 1.89 bits per heavy atom. The van der Waals surface area contributed by atoms with Gasteiger partial charge in [0, 0.05) is 19.3 Å². The maximum atomic E-state index is 10.4. The van der Waals surface area contributed by atoms with Crippen LogP contribution in [0.2, 0.25) is 0 Å². The van der Waals surface area contributed by atoms with Gasteiger partial charge in [0.1, 0.15) is 6.10 Å². The Kier molecular flexibility index (Phi) is 3.20. The van der Waals surface area contributed by atoms with E-state index >= 15 is 0 Å². The lowest BCUT2D eigenvalue weighted by Gasteiger charge is -2.04. The molecule has 18 heavy (non-hydrogen) atoms. The number of benzene rings is 1. The summed E-state index contributed by atoms with van der Waals surface area (Å²) in [6, 6.07) is 14.5. The van der Waals surface area contributed by atoms with Crippen molar-refractivity contribution in [3.05, 3.63) is 57.1 Å². The fourth-order valence-corrected chi connectivity index (χ4v) is 4.11. The Morgan fingerprint density at radius 1 is 1.06 bits per heavy atom. The average molecular weight is 274 g/mol. The Balaban J connectivity index is 1.98. The average Bonchev–Trinajstić information content (AvgIpc) is 3.04. The summed E-state index contributed by atoms with van der Waals surface area (Å²) in [6.45, 7) is 2.14. The van der Waals surface area contributed by atoms with Crippen LogP contribution in [0.5, 0.6) is 0 Å². The highest BCUT2D eigenvalue weighted by Gasteiger charge is 2.15. The van der Waals surface area contributed by atoms with Crippen molar-refractivity contribution in [3.63, 3.8) is 0 Å². The molecule has 92 valence electrons. The summed E-state index contributed by atoms with van der Waals surface area (Å²) in [5.74, 6) is 0. The van der Waals surface area contributed by atoms with E-state index in [2.05, 4.69) is 31.2 Å². The molecule has 0 saturated heterocycles. The van der Waals surface area contributed by atoms with Crippen LogP contribution in [-0.4, -0.2) is 5.11 Å². The van der Waals surface area contributed by atoms with Gasteiger partial charge in [-0.3, -0.25) is 0 Å². The maximum absolute atomic E-state index is 10.4. The standard InChI is InChI=1S/C15H14OS2/c1-2-11-7-8-13(17-11)15(16)14-9-10-5-3-4-6-12(10)18-14/h3-9,15-16H,2H2,1H3. The van der Waals surface area contributed by atoms with Crippen LogP contribution >= 0.6 is 22.7 Å². The lowest BCUT2D eigenvalue weighted by Crippen LogP contribution is -1.92. The van der Waals surface area contributed by atoms with E-state index < -0.39 is 6.10 Å². The van der Waals surface area contributed by atoms with Gasteiger partial charge in [0.15, 0.2) is 0 Å². The molecule has 1 atom stereocenters. The third kappa shape index (κ3) is 2.09. The van der Waals surface area contributed by atoms with Crippen molar-refractivity contribution in [1.82, 2.24) is 0 Å². The number of rotatable bonds is 3. The molecule has 0 saturated carbocycles. The number of aryl methyl sites for hydroxylation is 1. The van der Waals surface area contributed by atoms with E-state index in [1.54, 1.807) is 22.7 Å². The quantitative estimate of drug-likeness (QED) is 0.739. The van der Waals surface area contributed by atoms with E-state index in [0.29, 0.717) is 0 Å². The third-order valence-corrected chi connectivity index (χ3v) is 5.46. The molecule has 1 nitrogen and oxygen atoms in total. The van der Waals surface area contributed by atoms with Gasteiger partial charge < -0.3 is 5.11 Å². The second kappa shape index (κ2) is 4.84. The van der Waals surface area contributed by atoms with Gasteiger partial charge in [-0.25, -0.2) is 0 Å². The normalized spacial score (nSPS) is 13.0. The van der Waals surface area contributed by atoms with E-state index in [1.165, 1.54) is 15.0 Å². The molecule has 0 amide bonds. The van der Waals surface area contributed by atoms with Gasteiger partial charge in [-0.2, -0.15) is 0 Å². The smallest absolute Gasteiger partial charge is 0.122 e. The molecule has 0 spiro atoms. The molecular formula is C15H14OS2. The molecule has 3 aromatic rings. The summed E-state index contributed by atoms with van der Waals surface area (Å²) in [5, 5.41) is 11.6. The molecule has 1 aromatic carbocycles. The van der Waals surface area contributed by atoms with Crippen LogP contribution in [0, 0.1) is 0 Å². The number of aliphatic hydroxyl groups is 1.